The normalized spacial score (nSPS) is 20.8. The monoisotopic (exact) mass is 265 g/mol. The minimum absolute atomic E-state index is 0.0112. The average Bonchev–Trinajstić information content (AvgIpc) is 2.48. The molecule has 104 valence electrons. The molecular formula is C13H20BNO4. The van der Waals surface area contributed by atoms with Crippen molar-refractivity contribution in [1.82, 2.24) is 4.98 Å². The summed E-state index contributed by atoms with van der Waals surface area (Å²) in [7, 11) is -0.587. The van der Waals surface area contributed by atoms with Gasteiger partial charge < -0.3 is 19.4 Å². The third-order valence-electron chi connectivity index (χ3n) is 3.81. The number of aliphatic hydroxyl groups is 1. The largest absolute Gasteiger partial charge is 0.512 e. The van der Waals surface area contributed by atoms with Crippen LogP contribution in [-0.2, 0) is 15.7 Å². The molecular weight excluding hydrogens is 245 g/mol. The first-order valence-corrected chi connectivity index (χ1v) is 6.45. The Bertz CT molecular complexity index is 508. The summed E-state index contributed by atoms with van der Waals surface area (Å²) in [6, 6.07) is 2.95. The SMILES string of the molecule is CC1(C)OB(c2cc(=O)cc(CCO)[nH]2)OC1(C)C. The molecule has 0 amide bonds. The van der Waals surface area contributed by atoms with Crippen LogP contribution in [0.25, 0.3) is 0 Å². The Morgan fingerprint density at radius 2 is 1.79 bits per heavy atom. The molecule has 2 heterocycles. The van der Waals surface area contributed by atoms with E-state index in [4.69, 9.17) is 14.4 Å². The fourth-order valence-corrected chi connectivity index (χ4v) is 1.98. The molecule has 0 unspecified atom stereocenters. The molecule has 0 saturated carbocycles. The van der Waals surface area contributed by atoms with Crippen LogP contribution in [0.4, 0.5) is 0 Å². The quantitative estimate of drug-likeness (QED) is 0.766. The molecule has 2 N–H and O–H groups in total. The molecule has 0 aliphatic carbocycles. The molecule has 0 spiro atoms. The maximum absolute atomic E-state index is 11.7. The van der Waals surface area contributed by atoms with E-state index < -0.39 is 18.3 Å². The first-order valence-electron chi connectivity index (χ1n) is 6.45. The van der Waals surface area contributed by atoms with Crippen LogP contribution in [0.5, 0.6) is 0 Å². The van der Waals surface area contributed by atoms with Gasteiger partial charge in [0, 0.05) is 36.4 Å². The van der Waals surface area contributed by atoms with E-state index >= 15 is 0 Å². The smallest absolute Gasteiger partial charge is 0.398 e. The summed E-state index contributed by atoms with van der Waals surface area (Å²) in [5.74, 6) is 0. The fraction of sp³-hybridized carbons (Fsp3) is 0.615. The summed E-state index contributed by atoms with van der Waals surface area (Å²) in [5.41, 5.74) is 0.268. The highest BCUT2D eigenvalue weighted by Crippen LogP contribution is 2.36. The number of aliphatic hydroxyl groups excluding tert-OH is 1. The molecule has 0 atom stereocenters. The Balaban J connectivity index is 2.31. The molecule has 0 bridgehead atoms. The van der Waals surface area contributed by atoms with E-state index in [1.165, 1.54) is 12.1 Å². The second-order valence-electron chi connectivity index (χ2n) is 5.86. The van der Waals surface area contributed by atoms with Crippen LogP contribution in [-0.4, -0.2) is 35.0 Å². The fourth-order valence-electron chi connectivity index (χ4n) is 1.98. The maximum Gasteiger partial charge on any atom is 0.512 e. The zero-order valence-electron chi connectivity index (χ0n) is 11.8. The highest BCUT2D eigenvalue weighted by Gasteiger charge is 2.52. The van der Waals surface area contributed by atoms with Crippen LogP contribution >= 0.6 is 0 Å². The molecule has 5 nitrogen and oxygen atoms in total. The summed E-state index contributed by atoms with van der Waals surface area (Å²) >= 11 is 0. The van der Waals surface area contributed by atoms with Crippen molar-refractivity contribution < 1.29 is 14.4 Å². The van der Waals surface area contributed by atoms with Gasteiger partial charge in [-0.05, 0) is 27.7 Å². The lowest BCUT2D eigenvalue weighted by Gasteiger charge is -2.32. The standard InChI is InChI=1S/C13H20BNO4/c1-12(2)13(3,4)19-14(18-12)11-8-10(17)7-9(15-11)5-6-16/h7-8,16H,5-6H2,1-4H3,(H,15,17). The minimum atomic E-state index is -0.587. The van der Waals surface area contributed by atoms with Gasteiger partial charge in [0.2, 0.25) is 0 Å². The Morgan fingerprint density at radius 1 is 1.21 bits per heavy atom. The Hall–Kier alpha value is -1.11. The summed E-state index contributed by atoms with van der Waals surface area (Å²) in [6.07, 6.45) is 0.405. The van der Waals surface area contributed by atoms with E-state index in [1.54, 1.807) is 0 Å². The molecule has 6 heteroatoms. The van der Waals surface area contributed by atoms with Crippen LogP contribution < -0.4 is 11.0 Å². The minimum Gasteiger partial charge on any atom is -0.398 e. The van der Waals surface area contributed by atoms with E-state index in [-0.39, 0.29) is 12.0 Å². The van der Waals surface area contributed by atoms with Crippen LogP contribution in [0.2, 0.25) is 0 Å². The highest BCUT2D eigenvalue weighted by molar-refractivity contribution is 6.61. The van der Waals surface area contributed by atoms with Gasteiger partial charge in [-0.25, -0.2) is 0 Å². The van der Waals surface area contributed by atoms with Crippen molar-refractivity contribution in [3.8, 4) is 0 Å². The number of nitrogens with one attached hydrogen (secondary N) is 1. The van der Waals surface area contributed by atoms with Crippen molar-refractivity contribution in [2.45, 2.75) is 45.3 Å². The van der Waals surface area contributed by atoms with E-state index in [2.05, 4.69) is 4.98 Å². The van der Waals surface area contributed by atoms with Gasteiger partial charge in [0.05, 0.1) is 11.2 Å². The third-order valence-corrected chi connectivity index (χ3v) is 3.81. The van der Waals surface area contributed by atoms with E-state index in [1.807, 2.05) is 27.7 Å². The number of hydrogen-bond acceptors (Lipinski definition) is 4. The first-order chi connectivity index (χ1) is 8.75. The molecule has 1 aromatic heterocycles. The van der Waals surface area contributed by atoms with Crippen LogP contribution in [0.3, 0.4) is 0 Å². The van der Waals surface area contributed by atoms with Gasteiger partial charge >= 0.3 is 7.12 Å². The number of hydrogen-bond donors (Lipinski definition) is 2. The molecule has 2 rings (SSSR count). The van der Waals surface area contributed by atoms with Gasteiger partial charge in [-0.2, -0.15) is 0 Å². The van der Waals surface area contributed by atoms with E-state index in [0.717, 1.165) is 0 Å². The average molecular weight is 265 g/mol. The van der Waals surface area contributed by atoms with Crippen LogP contribution in [0, 0.1) is 0 Å². The molecule has 19 heavy (non-hydrogen) atoms. The zero-order valence-corrected chi connectivity index (χ0v) is 11.8. The Morgan fingerprint density at radius 3 is 2.32 bits per heavy atom. The van der Waals surface area contributed by atoms with Crippen LogP contribution in [0.15, 0.2) is 16.9 Å². The zero-order chi connectivity index (χ0) is 14.3. The number of aromatic amines is 1. The lowest BCUT2D eigenvalue weighted by molar-refractivity contribution is 0.00578. The number of pyridine rings is 1. The van der Waals surface area contributed by atoms with Crippen LogP contribution in [0.1, 0.15) is 33.4 Å². The molecule has 1 aromatic rings. The molecule has 1 aliphatic rings. The predicted octanol–water partition coefficient (Wildman–Crippen LogP) is 0.209. The van der Waals surface area contributed by atoms with Gasteiger partial charge in [-0.1, -0.05) is 0 Å². The first kappa shape index (κ1) is 14.3. The Kier molecular flexibility index (Phi) is 3.60. The lowest BCUT2D eigenvalue weighted by Crippen LogP contribution is -2.41. The number of rotatable bonds is 3. The van der Waals surface area contributed by atoms with Gasteiger partial charge in [0.1, 0.15) is 0 Å². The molecule has 1 saturated heterocycles. The maximum atomic E-state index is 11.7. The van der Waals surface area contributed by atoms with E-state index in [9.17, 15) is 4.79 Å². The van der Waals surface area contributed by atoms with Crippen molar-refractivity contribution in [2.75, 3.05) is 6.61 Å². The van der Waals surface area contributed by atoms with Crippen molar-refractivity contribution in [3.63, 3.8) is 0 Å². The van der Waals surface area contributed by atoms with Crippen molar-refractivity contribution in [1.29, 1.82) is 0 Å². The number of H-pyrrole nitrogens is 1. The summed E-state index contributed by atoms with van der Waals surface area (Å²) in [6.45, 7) is 7.83. The van der Waals surface area contributed by atoms with Gasteiger partial charge in [-0.15, -0.1) is 0 Å². The van der Waals surface area contributed by atoms with Gasteiger partial charge in [0.15, 0.2) is 5.43 Å². The predicted molar refractivity (Wildman–Crippen MR) is 73.6 cm³/mol. The lowest BCUT2D eigenvalue weighted by atomic mass is 9.84. The van der Waals surface area contributed by atoms with Crippen molar-refractivity contribution >= 4 is 12.7 Å². The third kappa shape index (κ3) is 2.75. The second-order valence-corrected chi connectivity index (χ2v) is 5.86. The second kappa shape index (κ2) is 4.78. The van der Waals surface area contributed by atoms with Gasteiger partial charge in [-0.3, -0.25) is 4.79 Å². The summed E-state index contributed by atoms with van der Waals surface area (Å²) < 4.78 is 11.8. The summed E-state index contributed by atoms with van der Waals surface area (Å²) in [5, 5.41) is 8.95. The topological polar surface area (TPSA) is 71.5 Å². The molecule has 1 fully saturated rings. The number of aromatic nitrogens is 1. The molecule has 0 radical (unpaired) electrons. The van der Waals surface area contributed by atoms with Gasteiger partial charge in [0.25, 0.3) is 0 Å². The Labute approximate surface area is 113 Å². The van der Waals surface area contributed by atoms with Crippen molar-refractivity contribution in [2.24, 2.45) is 0 Å². The van der Waals surface area contributed by atoms with E-state index in [0.29, 0.717) is 17.7 Å². The highest BCUT2D eigenvalue weighted by atomic mass is 16.7. The molecule has 0 aromatic carbocycles. The molecule has 1 aliphatic heterocycles. The summed E-state index contributed by atoms with van der Waals surface area (Å²) in [4.78, 5) is 14.7. The van der Waals surface area contributed by atoms with Crippen molar-refractivity contribution in [3.05, 3.63) is 28.0 Å².